The van der Waals surface area contributed by atoms with Crippen molar-refractivity contribution < 1.29 is 0 Å². The fraction of sp³-hybridized carbons (Fsp3) is 0.500. The number of rotatable bonds is 7. The first-order valence-electron chi connectivity index (χ1n) is 6.75. The van der Waals surface area contributed by atoms with Crippen molar-refractivity contribution in [3.05, 3.63) is 46.5 Å². The molecule has 1 rings (SSSR count). The van der Waals surface area contributed by atoms with Gasteiger partial charge in [0.15, 0.2) is 0 Å². The molecule has 0 aliphatic rings. The van der Waals surface area contributed by atoms with Gasteiger partial charge in [-0.1, -0.05) is 54.9 Å². The van der Waals surface area contributed by atoms with Gasteiger partial charge in [0.05, 0.1) is 0 Å². The highest BCUT2D eigenvalue weighted by Gasteiger charge is 2.08. The number of nitrogens with zero attached hydrogens (tertiary/aromatic N) is 1. The molecule has 1 unspecified atom stereocenters. The van der Waals surface area contributed by atoms with Gasteiger partial charge in [-0.15, -0.1) is 6.58 Å². The van der Waals surface area contributed by atoms with Gasteiger partial charge in [0, 0.05) is 11.0 Å². The average molecular weight is 310 g/mol. The minimum atomic E-state index is 0.410. The Kier molecular flexibility index (Phi) is 6.66. The summed E-state index contributed by atoms with van der Waals surface area (Å²) in [4.78, 5) is 2.47. The van der Waals surface area contributed by atoms with E-state index in [4.69, 9.17) is 0 Å². The zero-order chi connectivity index (χ0) is 13.5. The molecule has 100 valence electrons. The SMILES string of the molecule is C=CC(C)c1ccc(CN(CC)CCC)c(Br)c1. The first-order valence-corrected chi connectivity index (χ1v) is 7.54. The zero-order valence-corrected chi connectivity index (χ0v) is 13.3. The third-order valence-corrected chi connectivity index (χ3v) is 4.08. The smallest absolute Gasteiger partial charge is 0.0244 e. The van der Waals surface area contributed by atoms with Gasteiger partial charge in [-0.05, 0) is 42.6 Å². The standard InChI is InChI=1S/C16H24BrN/c1-5-10-18(7-3)12-15-9-8-14(11-16(15)17)13(4)6-2/h6,8-9,11,13H,2,5,7,10,12H2,1,3-4H3. The first kappa shape index (κ1) is 15.5. The maximum absolute atomic E-state index is 3.85. The van der Waals surface area contributed by atoms with E-state index in [1.54, 1.807) is 0 Å². The summed E-state index contributed by atoms with van der Waals surface area (Å²) in [5.74, 6) is 0.410. The molecule has 0 saturated carbocycles. The van der Waals surface area contributed by atoms with E-state index in [0.29, 0.717) is 5.92 Å². The van der Waals surface area contributed by atoms with Crippen LogP contribution in [0.2, 0.25) is 0 Å². The van der Waals surface area contributed by atoms with Crippen molar-refractivity contribution in [1.82, 2.24) is 4.90 Å². The highest BCUT2D eigenvalue weighted by molar-refractivity contribution is 9.10. The predicted octanol–water partition coefficient (Wildman–Crippen LogP) is 4.97. The molecule has 1 nitrogen and oxygen atoms in total. The minimum absolute atomic E-state index is 0.410. The van der Waals surface area contributed by atoms with Crippen LogP contribution in [0, 0.1) is 0 Å². The molecule has 0 heterocycles. The second kappa shape index (κ2) is 7.75. The number of hydrogen-bond acceptors (Lipinski definition) is 1. The molecular formula is C16H24BrN. The summed E-state index contributed by atoms with van der Waals surface area (Å²) < 4.78 is 1.21. The number of hydrogen-bond donors (Lipinski definition) is 0. The van der Waals surface area contributed by atoms with Crippen LogP contribution in [0.4, 0.5) is 0 Å². The lowest BCUT2D eigenvalue weighted by Crippen LogP contribution is -2.23. The molecule has 1 aromatic rings. The van der Waals surface area contributed by atoms with Gasteiger partial charge in [-0.2, -0.15) is 0 Å². The van der Waals surface area contributed by atoms with Crippen molar-refractivity contribution in [2.45, 2.75) is 39.7 Å². The van der Waals surface area contributed by atoms with Crippen molar-refractivity contribution in [1.29, 1.82) is 0 Å². The summed E-state index contributed by atoms with van der Waals surface area (Å²) in [6, 6.07) is 6.67. The van der Waals surface area contributed by atoms with Crippen LogP contribution >= 0.6 is 15.9 Å². The molecule has 18 heavy (non-hydrogen) atoms. The van der Waals surface area contributed by atoms with Gasteiger partial charge in [0.25, 0.3) is 0 Å². The summed E-state index contributed by atoms with van der Waals surface area (Å²) in [5.41, 5.74) is 2.68. The molecular weight excluding hydrogens is 286 g/mol. The minimum Gasteiger partial charge on any atom is -0.299 e. The lowest BCUT2D eigenvalue weighted by Gasteiger charge is -2.21. The quantitative estimate of drug-likeness (QED) is 0.643. The van der Waals surface area contributed by atoms with E-state index >= 15 is 0 Å². The number of halogens is 1. The Labute approximate surface area is 120 Å². The van der Waals surface area contributed by atoms with Crippen molar-refractivity contribution in [2.75, 3.05) is 13.1 Å². The molecule has 0 fully saturated rings. The van der Waals surface area contributed by atoms with E-state index in [1.165, 1.54) is 22.0 Å². The Hall–Kier alpha value is -0.600. The van der Waals surface area contributed by atoms with E-state index in [9.17, 15) is 0 Å². The predicted molar refractivity (Wildman–Crippen MR) is 84.0 cm³/mol. The van der Waals surface area contributed by atoms with Crippen LogP contribution in [0.25, 0.3) is 0 Å². The van der Waals surface area contributed by atoms with Crippen LogP contribution in [-0.2, 0) is 6.54 Å². The molecule has 0 aromatic heterocycles. The molecule has 0 spiro atoms. The lowest BCUT2D eigenvalue weighted by atomic mass is 10.00. The second-order valence-corrected chi connectivity index (χ2v) is 5.60. The summed E-state index contributed by atoms with van der Waals surface area (Å²) in [6.45, 7) is 13.8. The maximum atomic E-state index is 3.85. The fourth-order valence-corrected chi connectivity index (χ4v) is 2.54. The van der Waals surface area contributed by atoms with E-state index in [1.807, 2.05) is 6.08 Å². The molecule has 1 aromatic carbocycles. The van der Waals surface area contributed by atoms with Gasteiger partial charge in [-0.25, -0.2) is 0 Å². The Morgan fingerprint density at radius 3 is 2.61 bits per heavy atom. The van der Waals surface area contributed by atoms with Gasteiger partial charge in [-0.3, -0.25) is 4.90 Å². The first-order chi connectivity index (χ1) is 8.62. The Balaban J connectivity index is 2.81. The van der Waals surface area contributed by atoms with E-state index in [-0.39, 0.29) is 0 Å². The Morgan fingerprint density at radius 1 is 1.39 bits per heavy atom. The summed E-state index contributed by atoms with van der Waals surface area (Å²) in [7, 11) is 0. The highest BCUT2D eigenvalue weighted by Crippen LogP contribution is 2.25. The molecule has 0 amide bonds. The molecule has 0 N–H and O–H groups in total. The molecule has 0 saturated heterocycles. The summed E-state index contributed by atoms with van der Waals surface area (Å²) >= 11 is 3.69. The van der Waals surface area contributed by atoms with Gasteiger partial charge < -0.3 is 0 Å². The summed E-state index contributed by atoms with van der Waals surface area (Å²) in [5, 5.41) is 0. The van der Waals surface area contributed by atoms with Crippen molar-refractivity contribution >= 4 is 15.9 Å². The van der Waals surface area contributed by atoms with Crippen LogP contribution in [0.5, 0.6) is 0 Å². The lowest BCUT2D eigenvalue weighted by molar-refractivity contribution is 0.280. The monoisotopic (exact) mass is 309 g/mol. The van der Waals surface area contributed by atoms with Crippen LogP contribution in [0.15, 0.2) is 35.3 Å². The second-order valence-electron chi connectivity index (χ2n) is 4.74. The van der Waals surface area contributed by atoms with Crippen LogP contribution in [-0.4, -0.2) is 18.0 Å². The van der Waals surface area contributed by atoms with Crippen molar-refractivity contribution in [2.24, 2.45) is 0 Å². The molecule has 0 aliphatic carbocycles. The van der Waals surface area contributed by atoms with Gasteiger partial charge >= 0.3 is 0 Å². The summed E-state index contributed by atoms with van der Waals surface area (Å²) in [6.07, 6.45) is 3.19. The van der Waals surface area contributed by atoms with Crippen LogP contribution in [0.3, 0.4) is 0 Å². The van der Waals surface area contributed by atoms with E-state index in [0.717, 1.165) is 19.6 Å². The van der Waals surface area contributed by atoms with Crippen molar-refractivity contribution in [3.63, 3.8) is 0 Å². The van der Waals surface area contributed by atoms with Crippen LogP contribution in [0.1, 0.15) is 44.2 Å². The maximum Gasteiger partial charge on any atom is 0.0244 e. The van der Waals surface area contributed by atoms with Crippen LogP contribution < -0.4 is 0 Å². The fourth-order valence-electron chi connectivity index (χ4n) is 2.02. The Morgan fingerprint density at radius 2 is 2.11 bits per heavy atom. The number of benzene rings is 1. The normalized spacial score (nSPS) is 12.7. The molecule has 2 heteroatoms. The average Bonchev–Trinajstić information content (AvgIpc) is 2.39. The molecule has 0 radical (unpaired) electrons. The van der Waals surface area contributed by atoms with E-state index in [2.05, 4.69) is 66.4 Å². The molecule has 1 atom stereocenters. The highest BCUT2D eigenvalue weighted by atomic mass is 79.9. The Bertz CT molecular complexity index is 387. The number of allylic oxidation sites excluding steroid dienone is 1. The van der Waals surface area contributed by atoms with Gasteiger partial charge in [0.1, 0.15) is 0 Å². The largest absolute Gasteiger partial charge is 0.299 e. The zero-order valence-electron chi connectivity index (χ0n) is 11.7. The molecule has 0 bridgehead atoms. The molecule has 0 aliphatic heterocycles. The van der Waals surface area contributed by atoms with Crippen molar-refractivity contribution in [3.8, 4) is 0 Å². The topological polar surface area (TPSA) is 3.24 Å². The third kappa shape index (κ3) is 4.25. The van der Waals surface area contributed by atoms with Gasteiger partial charge in [0.2, 0.25) is 0 Å². The van der Waals surface area contributed by atoms with E-state index < -0.39 is 0 Å². The third-order valence-electron chi connectivity index (χ3n) is 3.34.